The lowest BCUT2D eigenvalue weighted by Crippen LogP contribution is -2.28. The van der Waals surface area contributed by atoms with Crippen molar-refractivity contribution in [2.75, 3.05) is 13.1 Å². The summed E-state index contributed by atoms with van der Waals surface area (Å²) in [5.41, 5.74) is 6.90. The number of aryl methyl sites for hydroxylation is 4. The largest absolute Gasteiger partial charge is 0.412 e. The van der Waals surface area contributed by atoms with Crippen LogP contribution in [0.15, 0.2) is 54.6 Å². The maximum atomic E-state index is 12.2. The van der Waals surface area contributed by atoms with E-state index in [0.29, 0.717) is 24.6 Å². The molecule has 3 aromatic rings. The van der Waals surface area contributed by atoms with Gasteiger partial charge in [-0.25, -0.2) is 9.59 Å². The summed E-state index contributed by atoms with van der Waals surface area (Å²) >= 11 is 0. The van der Waals surface area contributed by atoms with Crippen LogP contribution in [0.5, 0.6) is 11.5 Å². The fourth-order valence-corrected chi connectivity index (χ4v) is 4.56. The van der Waals surface area contributed by atoms with Crippen LogP contribution in [0.1, 0.15) is 71.6 Å². The predicted molar refractivity (Wildman–Crippen MR) is 148 cm³/mol. The molecule has 2 N–H and O–H groups in total. The molecule has 0 radical (unpaired) electrons. The van der Waals surface area contributed by atoms with E-state index in [1.54, 1.807) is 0 Å². The van der Waals surface area contributed by atoms with Gasteiger partial charge in [0.15, 0.2) is 0 Å². The first-order chi connectivity index (χ1) is 17.7. The van der Waals surface area contributed by atoms with Crippen LogP contribution < -0.4 is 20.1 Å². The van der Waals surface area contributed by atoms with E-state index >= 15 is 0 Å². The zero-order valence-electron chi connectivity index (χ0n) is 22.7. The zero-order chi connectivity index (χ0) is 26.9. The van der Waals surface area contributed by atoms with Gasteiger partial charge in [0.1, 0.15) is 11.5 Å². The Morgan fingerprint density at radius 1 is 0.649 bits per heavy atom. The number of hydrogen-bond donors (Lipinski definition) is 2. The van der Waals surface area contributed by atoms with Gasteiger partial charge < -0.3 is 20.1 Å². The third kappa shape index (κ3) is 7.13. The highest BCUT2D eigenvalue weighted by Crippen LogP contribution is 2.38. The van der Waals surface area contributed by atoms with Crippen molar-refractivity contribution in [3.63, 3.8) is 0 Å². The Hall–Kier alpha value is -3.80. The number of rotatable bonds is 9. The van der Waals surface area contributed by atoms with Gasteiger partial charge in [0, 0.05) is 19.0 Å². The minimum Gasteiger partial charge on any atom is -0.410 e. The van der Waals surface area contributed by atoms with E-state index in [0.717, 1.165) is 51.8 Å². The molecule has 2 amide bonds. The lowest BCUT2D eigenvalue weighted by molar-refractivity contribution is 0.199. The van der Waals surface area contributed by atoms with Gasteiger partial charge in [-0.2, -0.15) is 0 Å². The topological polar surface area (TPSA) is 76.7 Å². The van der Waals surface area contributed by atoms with Gasteiger partial charge in [-0.1, -0.05) is 68.4 Å². The molecule has 0 unspecified atom stereocenters. The molecule has 0 saturated carbocycles. The summed E-state index contributed by atoms with van der Waals surface area (Å²) in [6, 6.07) is 18.6. The summed E-state index contributed by atoms with van der Waals surface area (Å²) < 4.78 is 11.3. The first-order valence-electron chi connectivity index (χ1n) is 12.9. The van der Waals surface area contributed by atoms with Crippen LogP contribution >= 0.6 is 0 Å². The molecule has 0 atom stereocenters. The van der Waals surface area contributed by atoms with Crippen LogP contribution in [0, 0.1) is 27.7 Å². The molecule has 0 heterocycles. The molecule has 0 aromatic heterocycles. The quantitative estimate of drug-likeness (QED) is 0.306. The average Bonchev–Trinajstić information content (AvgIpc) is 2.86. The van der Waals surface area contributed by atoms with E-state index in [1.165, 1.54) is 0 Å². The second-order valence-corrected chi connectivity index (χ2v) is 9.44. The summed E-state index contributed by atoms with van der Waals surface area (Å²) in [7, 11) is 0. The molecule has 0 saturated heterocycles. The normalized spacial score (nSPS) is 10.8. The van der Waals surface area contributed by atoms with Crippen molar-refractivity contribution in [1.82, 2.24) is 10.6 Å². The van der Waals surface area contributed by atoms with Gasteiger partial charge in [0.05, 0.1) is 0 Å². The second-order valence-electron chi connectivity index (χ2n) is 9.44. The molecule has 37 heavy (non-hydrogen) atoms. The van der Waals surface area contributed by atoms with Crippen LogP contribution in [-0.4, -0.2) is 25.3 Å². The van der Waals surface area contributed by atoms with Crippen LogP contribution in [0.3, 0.4) is 0 Å². The lowest BCUT2D eigenvalue weighted by atomic mass is 9.82. The van der Waals surface area contributed by atoms with Crippen LogP contribution in [-0.2, 0) is 0 Å². The average molecular weight is 503 g/mol. The van der Waals surface area contributed by atoms with Gasteiger partial charge in [-0.3, -0.25) is 0 Å². The first kappa shape index (κ1) is 27.8. The maximum Gasteiger partial charge on any atom is 0.412 e. The van der Waals surface area contributed by atoms with Crippen molar-refractivity contribution in [3.05, 3.63) is 93.5 Å². The molecule has 0 fully saturated rings. The smallest absolute Gasteiger partial charge is 0.410 e. The van der Waals surface area contributed by atoms with Crippen LogP contribution in [0.25, 0.3) is 0 Å². The van der Waals surface area contributed by atoms with Crippen molar-refractivity contribution < 1.29 is 19.1 Å². The highest BCUT2D eigenvalue weighted by molar-refractivity contribution is 5.72. The Bertz CT molecular complexity index is 1110. The Labute approximate surface area is 220 Å². The molecule has 3 rings (SSSR count). The van der Waals surface area contributed by atoms with Gasteiger partial charge >= 0.3 is 12.2 Å². The molecule has 0 aliphatic heterocycles. The standard InChI is InChI=1S/C31H38N2O4/c1-7-14-32-30(34)36-28-20(3)16-25(17-21(28)4)27(24-12-10-9-11-13-24)26-18-22(5)29(23(6)19-26)37-31(35)33-15-8-2/h9-13,16-19,27H,7-8,14-15H2,1-6H3,(H,32,34)(H,33,35). The molecule has 0 spiro atoms. The van der Waals surface area contributed by atoms with Crippen molar-refractivity contribution in [2.24, 2.45) is 0 Å². The van der Waals surface area contributed by atoms with Crippen molar-refractivity contribution in [1.29, 1.82) is 0 Å². The van der Waals surface area contributed by atoms with Crippen molar-refractivity contribution in [2.45, 2.75) is 60.3 Å². The van der Waals surface area contributed by atoms with Crippen molar-refractivity contribution >= 4 is 12.2 Å². The minimum absolute atomic E-state index is 0.0538. The van der Waals surface area contributed by atoms with E-state index in [9.17, 15) is 9.59 Å². The number of ether oxygens (including phenoxy) is 2. The van der Waals surface area contributed by atoms with Gasteiger partial charge in [0.2, 0.25) is 0 Å². The zero-order valence-corrected chi connectivity index (χ0v) is 22.7. The van der Waals surface area contributed by atoms with E-state index in [-0.39, 0.29) is 5.92 Å². The summed E-state index contributed by atoms with van der Waals surface area (Å²) in [6.45, 7) is 13.0. The SMILES string of the molecule is CCCNC(=O)Oc1c(C)cc(C(c2ccccc2)c2cc(C)c(OC(=O)NCCC)c(C)c2)cc1C. The van der Waals surface area contributed by atoms with Gasteiger partial charge in [0.25, 0.3) is 0 Å². The molecule has 6 nitrogen and oxygen atoms in total. The Morgan fingerprint density at radius 2 is 1.03 bits per heavy atom. The fraction of sp³-hybridized carbons (Fsp3) is 0.355. The fourth-order valence-electron chi connectivity index (χ4n) is 4.56. The van der Waals surface area contributed by atoms with E-state index in [2.05, 4.69) is 47.0 Å². The number of nitrogens with one attached hydrogen (secondary N) is 2. The Balaban J connectivity index is 2.02. The van der Waals surface area contributed by atoms with Gasteiger partial charge in [-0.15, -0.1) is 0 Å². The second kappa shape index (κ2) is 12.9. The maximum absolute atomic E-state index is 12.2. The number of amides is 2. The molecule has 0 aliphatic rings. The third-order valence-corrected chi connectivity index (χ3v) is 6.19. The highest BCUT2D eigenvalue weighted by Gasteiger charge is 2.22. The molecular formula is C31H38N2O4. The minimum atomic E-state index is -0.440. The molecule has 0 bridgehead atoms. The van der Waals surface area contributed by atoms with Crippen LogP contribution in [0.2, 0.25) is 0 Å². The molecular weight excluding hydrogens is 464 g/mol. The highest BCUT2D eigenvalue weighted by atomic mass is 16.6. The van der Waals surface area contributed by atoms with Crippen LogP contribution in [0.4, 0.5) is 9.59 Å². The predicted octanol–water partition coefficient (Wildman–Crippen LogP) is 7.10. The summed E-state index contributed by atoms with van der Waals surface area (Å²) in [5, 5.41) is 5.53. The molecule has 196 valence electrons. The third-order valence-electron chi connectivity index (χ3n) is 6.19. The molecule has 6 heteroatoms. The summed E-state index contributed by atoms with van der Waals surface area (Å²) in [5.74, 6) is 1.11. The Morgan fingerprint density at radius 3 is 1.38 bits per heavy atom. The number of hydrogen-bond acceptors (Lipinski definition) is 4. The van der Waals surface area contributed by atoms with Gasteiger partial charge in [-0.05, 0) is 79.5 Å². The monoisotopic (exact) mass is 502 g/mol. The molecule has 3 aromatic carbocycles. The van der Waals surface area contributed by atoms with E-state index in [4.69, 9.17) is 9.47 Å². The van der Waals surface area contributed by atoms with E-state index in [1.807, 2.05) is 59.7 Å². The molecule has 0 aliphatic carbocycles. The summed E-state index contributed by atoms with van der Waals surface area (Å²) in [6.07, 6.45) is 0.809. The number of benzene rings is 3. The number of carbonyl (C=O) groups is 2. The van der Waals surface area contributed by atoms with Crippen molar-refractivity contribution in [3.8, 4) is 11.5 Å². The van der Waals surface area contributed by atoms with E-state index < -0.39 is 12.2 Å². The lowest BCUT2D eigenvalue weighted by Gasteiger charge is -2.23. The summed E-state index contributed by atoms with van der Waals surface area (Å²) in [4.78, 5) is 24.4. The number of carbonyl (C=O) groups excluding carboxylic acids is 2. The first-order valence-corrected chi connectivity index (χ1v) is 12.9. The Kier molecular flexibility index (Phi) is 9.72.